The van der Waals surface area contributed by atoms with Crippen LogP contribution in [0.1, 0.15) is 6.42 Å². The van der Waals surface area contributed by atoms with Gasteiger partial charge in [0.05, 0.1) is 6.54 Å². The Hall–Kier alpha value is -1.15. The Morgan fingerprint density at radius 2 is 2.37 bits per heavy atom. The van der Waals surface area contributed by atoms with E-state index < -0.39 is 0 Å². The van der Waals surface area contributed by atoms with Crippen molar-refractivity contribution < 1.29 is 0 Å². The lowest BCUT2D eigenvalue weighted by Crippen LogP contribution is -2.26. The third-order valence-corrected chi connectivity index (χ3v) is 2.88. The number of hydrogen-bond donors (Lipinski definition) is 2. The molecule has 0 saturated carbocycles. The van der Waals surface area contributed by atoms with E-state index in [4.69, 9.17) is 5.73 Å². The summed E-state index contributed by atoms with van der Waals surface area (Å²) in [5.74, 6) is 1.13. The number of likely N-dealkylation sites (N-methyl/N-ethyl adjacent to an activating group) is 1. The van der Waals surface area contributed by atoms with Crippen molar-refractivity contribution >= 4 is 35.8 Å². The predicted octanol–water partition coefficient (Wildman–Crippen LogP) is 1.69. The predicted molar refractivity (Wildman–Crippen MR) is 90.0 cm³/mol. The molecule has 1 aromatic heterocycles. The average molecular weight is 373 g/mol. The normalized spacial score (nSPS) is 16.5. The summed E-state index contributed by atoms with van der Waals surface area (Å²) in [5, 5.41) is 2.97. The van der Waals surface area contributed by atoms with Crippen LogP contribution in [0.2, 0.25) is 0 Å². The minimum absolute atomic E-state index is 0. The van der Waals surface area contributed by atoms with E-state index in [1.54, 1.807) is 6.20 Å². The lowest BCUT2D eigenvalue weighted by molar-refractivity contribution is 0.358. The molecular formula is C13H20IN5. The highest BCUT2D eigenvalue weighted by Crippen LogP contribution is 2.09. The monoisotopic (exact) mass is 373 g/mol. The van der Waals surface area contributed by atoms with Gasteiger partial charge in [-0.2, -0.15) is 0 Å². The summed E-state index contributed by atoms with van der Waals surface area (Å²) in [6.07, 6.45) is 5.01. The Labute approximate surface area is 131 Å². The number of aliphatic imine (C=N–C) groups is 1. The first-order valence-corrected chi connectivity index (χ1v) is 6.08. The number of anilines is 1. The van der Waals surface area contributed by atoms with Gasteiger partial charge in [0.15, 0.2) is 5.96 Å². The highest BCUT2D eigenvalue weighted by Gasteiger charge is 2.06. The Bertz CT molecular complexity index is 444. The number of pyridine rings is 1. The van der Waals surface area contributed by atoms with E-state index in [0.717, 1.165) is 25.3 Å². The van der Waals surface area contributed by atoms with E-state index in [2.05, 4.69) is 33.3 Å². The first kappa shape index (κ1) is 15.9. The van der Waals surface area contributed by atoms with Crippen LogP contribution in [0.5, 0.6) is 0 Å². The van der Waals surface area contributed by atoms with Gasteiger partial charge in [0.2, 0.25) is 0 Å². The molecule has 6 heteroatoms. The molecule has 0 fully saturated rings. The van der Waals surface area contributed by atoms with Crippen LogP contribution in [0.25, 0.3) is 0 Å². The second-order valence-electron chi connectivity index (χ2n) is 4.42. The first-order valence-electron chi connectivity index (χ1n) is 6.08. The molecule has 2 rings (SSSR count). The van der Waals surface area contributed by atoms with Crippen molar-refractivity contribution in [3.05, 3.63) is 36.0 Å². The van der Waals surface area contributed by atoms with Crippen molar-refractivity contribution in [3.8, 4) is 0 Å². The summed E-state index contributed by atoms with van der Waals surface area (Å²) < 4.78 is 0. The molecule has 3 N–H and O–H groups in total. The van der Waals surface area contributed by atoms with Gasteiger partial charge >= 0.3 is 0 Å². The fourth-order valence-electron chi connectivity index (χ4n) is 1.75. The zero-order valence-electron chi connectivity index (χ0n) is 11.0. The Kier molecular flexibility index (Phi) is 6.79. The minimum Gasteiger partial charge on any atom is -0.370 e. The van der Waals surface area contributed by atoms with Gasteiger partial charge in [-0.05, 0) is 25.6 Å². The zero-order valence-corrected chi connectivity index (χ0v) is 13.4. The molecule has 0 atom stereocenters. The number of nitrogens with one attached hydrogen (secondary N) is 1. The minimum atomic E-state index is 0. The quantitative estimate of drug-likeness (QED) is 0.366. The number of guanidine groups is 1. The van der Waals surface area contributed by atoms with Gasteiger partial charge in [-0.1, -0.05) is 17.7 Å². The molecule has 0 unspecified atom stereocenters. The second kappa shape index (κ2) is 8.11. The molecule has 1 aliphatic rings. The van der Waals surface area contributed by atoms with E-state index >= 15 is 0 Å². The smallest absolute Gasteiger partial charge is 0.194 e. The van der Waals surface area contributed by atoms with E-state index in [1.165, 1.54) is 5.57 Å². The van der Waals surface area contributed by atoms with Crippen LogP contribution in [0.3, 0.4) is 0 Å². The number of rotatable bonds is 3. The van der Waals surface area contributed by atoms with E-state index in [1.807, 2.05) is 18.2 Å². The fourth-order valence-corrected chi connectivity index (χ4v) is 1.75. The summed E-state index contributed by atoms with van der Waals surface area (Å²) in [7, 11) is 2.12. The van der Waals surface area contributed by atoms with Crippen molar-refractivity contribution in [1.82, 2.24) is 9.88 Å². The maximum Gasteiger partial charge on any atom is 0.194 e. The number of halogens is 1. The van der Waals surface area contributed by atoms with E-state index in [-0.39, 0.29) is 24.0 Å². The number of nitrogens with two attached hydrogens (primary N) is 1. The molecule has 5 nitrogen and oxygen atoms in total. The molecule has 19 heavy (non-hydrogen) atoms. The highest BCUT2D eigenvalue weighted by molar-refractivity contribution is 14.0. The SMILES string of the molecule is CN1CC=C(CN=C(N)Nc2ccccn2)CC1.I. The Morgan fingerprint density at radius 3 is 3.00 bits per heavy atom. The Morgan fingerprint density at radius 1 is 1.53 bits per heavy atom. The van der Waals surface area contributed by atoms with Gasteiger partial charge < -0.3 is 16.0 Å². The molecule has 0 aromatic carbocycles. The van der Waals surface area contributed by atoms with Crippen LogP contribution in [0, 0.1) is 0 Å². The number of hydrogen-bond acceptors (Lipinski definition) is 3. The van der Waals surface area contributed by atoms with Crippen molar-refractivity contribution in [1.29, 1.82) is 0 Å². The van der Waals surface area contributed by atoms with Crippen LogP contribution in [0.15, 0.2) is 41.0 Å². The van der Waals surface area contributed by atoms with Crippen molar-refractivity contribution in [2.45, 2.75) is 6.42 Å². The largest absolute Gasteiger partial charge is 0.370 e. The maximum atomic E-state index is 5.81. The third-order valence-electron chi connectivity index (χ3n) is 2.88. The Balaban J connectivity index is 0.00000180. The number of nitrogens with zero attached hydrogens (tertiary/aromatic N) is 3. The van der Waals surface area contributed by atoms with Crippen LogP contribution in [0.4, 0.5) is 5.82 Å². The maximum absolute atomic E-state index is 5.81. The molecule has 1 aromatic rings. The summed E-state index contributed by atoms with van der Waals surface area (Å²) >= 11 is 0. The molecular weight excluding hydrogens is 353 g/mol. The lowest BCUT2D eigenvalue weighted by atomic mass is 10.1. The average Bonchev–Trinajstić information content (AvgIpc) is 2.39. The van der Waals surface area contributed by atoms with Gasteiger partial charge in [-0.15, -0.1) is 24.0 Å². The van der Waals surface area contributed by atoms with Crippen molar-refractivity contribution in [3.63, 3.8) is 0 Å². The molecule has 0 amide bonds. The first-order chi connectivity index (χ1) is 8.74. The summed E-state index contributed by atoms with van der Waals surface area (Å²) in [6, 6.07) is 5.63. The highest BCUT2D eigenvalue weighted by atomic mass is 127. The van der Waals surface area contributed by atoms with Crippen LogP contribution < -0.4 is 11.1 Å². The molecule has 0 spiro atoms. The van der Waals surface area contributed by atoms with Crippen molar-refractivity contribution in [2.75, 3.05) is 32.0 Å². The van der Waals surface area contributed by atoms with Gasteiger partial charge in [0, 0.05) is 19.3 Å². The molecule has 104 valence electrons. The third kappa shape index (κ3) is 5.56. The van der Waals surface area contributed by atoms with Crippen LogP contribution in [-0.4, -0.2) is 42.5 Å². The van der Waals surface area contributed by atoms with Gasteiger partial charge in [0.25, 0.3) is 0 Å². The van der Waals surface area contributed by atoms with Gasteiger partial charge in [0.1, 0.15) is 5.82 Å². The molecule has 0 bridgehead atoms. The standard InChI is InChI=1S/C13H19N5.HI/c1-18-8-5-11(6-9-18)10-16-13(14)17-12-4-2-3-7-15-12;/h2-5,7H,6,8-10H2,1H3,(H3,14,15,16,17);1H. The van der Waals surface area contributed by atoms with E-state index in [9.17, 15) is 0 Å². The fraction of sp³-hybridized carbons (Fsp3) is 0.385. The molecule has 0 radical (unpaired) electrons. The lowest BCUT2D eigenvalue weighted by Gasteiger charge is -2.21. The zero-order chi connectivity index (χ0) is 12.8. The van der Waals surface area contributed by atoms with E-state index in [0.29, 0.717) is 12.5 Å². The van der Waals surface area contributed by atoms with Crippen LogP contribution >= 0.6 is 24.0 Å². The summed E-state index contributed by atoms with van der Waals surface area (Å²) in [6.45, 7) is 2.76. The molecule has 1 aliphatic heterocycles. The molecule has 2 heterocycles. The summed E-state index contributed by atoms with van der Waals surface area (Å²) in [5.41, 5.74) is 7.16. The van der Waals surface area contributed by atoms with Crippen molar-refractivity contribution in [2.24, 2.45) is 10.7 Å². The van der Waals surface area contributed by atoms with Gasteiger partial charge in [-0.3, -0.25) is 0 Å². The topological polar surface area (TPSA) is 66.5 Å². The summed E-state index contributed by atoms with van der Waals surface area (Å²) in [4.78, 5) is 10.7. The second-order valence-corrected chi connectivity index (χ2v) is 4.42. The van der Waals surface area contributed by atoms with Crippen LogP contribution in [-0.2, 0) is 0 Å². The van der Waals surface area contributed by atoms with Gasteiger partial charge in [-0.25, -0.2) is 9.98 Å². The number of aromatic nitrogens is 1. The molecule has 0 saturated heterocycles. The molecule has 0 aliphatic carbocycles.